The molecular formula is C10H8F4O3. The van der Waals surface area contributed by atoms with E-state index in [0.717, 1.165) is 0 Å². The molecule has 0 aliphatic carbocycles. The van der Waals surface area contributed by atoms with Crippen LogP contribution in [0.5, 0.6) is 5.75 Å². The zero-order valence-electron chi connectivity index (χ0n) is 8.47. The molecule has 1 aromatic rings. The number of hydrogen-bond donors (Lipinski definition) is 1. The zero-order valence-corrected chi connectivity index (χ0v) is 8.47. The van der Waals surface area contributed by atoms with E-state index < -0.39 is 35.0 Å². The van der Waals surface area contributed by atoms with E-state index in [1.54, 1.807) is 0 Å². The van der Waals surface area contributed by atoms with Crippen LogP contribution in [-0.4, -0.2) is 17.7 Å². The maximum atomic E-state index is 13.0. The first-order chi connectivity index (χ1) is 7.93. The van der Waals surface area contributed by atoms with E-state index in [0.29, 0.717) is 0 Å². The first-order valence-corrected chi connectivity index (χ1v) is 4.61. The number of carboxylic acid groups (broad SMARTS) is 1. The van der Waals surface area contributed by atoms with Crippen molar-refractivity contribution in [2.24, 2.45) is 0 Å². The number of carboxylic acids is 1. The summed E-state index contributed by atoms with van der Waals surface area (Å²) in [4.78, 5) is 10.1. The van der Waals surface area contributed by atoms with Gasteiger partial charge in [0, 0.05) is 12.5 Å². The fourth-order valence-corrected chi connectivity index (χ4v) is 1.08. The SMILES string of the molecule is O=C(O)CCCOc1c(F)c(F)cc(F)c1F. The second-order valence-corrected chi connectivity index (χ2v) is 3.14. The van der Waals surface area contributed by atoms with E-state index >= 15 is 0 Å². The van der Waals surface area contributed by atoms with Crippen molar-refractivity contribution in [1.29, 1.82) is 0 Å². The predicted octanol–water partition coefficient (Wildman–Crippen LogP) is 2.49. The maximum Gasteiger partial charge on any atom is 0.303 e. The van der Waals surface area contributed by atoms with Gasteiger partial charge in [0.15, 0.2) is 17.4 Å². The number of aliphatic carboxylic acids is 1. The lowest BCUT2D eigenvalue weighted by molar-refractivity contribution is -0.137. The Hall–Kier alpha value is -1.79. The molecule has 7 heteroatoms. The van der Waals surface area contributed by atoms with Crippen LogP contribution in [0.15, 0.2) is 6.07 Å². The molecule has 0 atom stereocenters. The Morgan fingerprint density at radius 1 is 1.18 bits per heavy atom. The highest BCUT2D eigenvalue weighted by atomic mass is 19.2. The summed E-state index contributed by atoms with van der Waals surface area (Å²) in [5.74, 6) is -8.71. The smallest absolute Gasteiger partial charge is 0.303 e. The Kier molecular flexibility index (Phi) is 4.30. The molecule has 0 aromatic heterocycles. The van der Waals surface area contributed by atoms with Gasteiger partial charge in [0.05, 0.1) is 6.61 Å². The van der Waals surface area contributed by atoms with Gasteiger partial charge >= 0.3 is 5.97 Å². The van der Waals surface area contributed by atoms with Crippen molar-refractivity contribution in [3.8, 4) is 5.75 Å². The van der Waals surface area contributed by atoms with Gasteiger partial charge in [-0.1, -0.05) is 0 Å². The summed E-state index contributed by atoms with van der Waals surface area (Å²) < 4.78 is 55.9. The standard InChI is InChI=1S/C10H8F4O3/c11-5-4-6(12)9(14)10(8(5)13)17-3-1-2-7(15)16/h4H,1-3H2,(H,15,16). The number of carbonyl (C=O) groups is 1. The van der Waals surface area contributed by atoms with Crippen LogP contribution in [0.3, 0.4) is 0 Å². The van der Waals surface area contributed by atoms with E-state index in [-0.39, 0.29) is 25.5 Å². The zero-order chi connectivity index (χ0) is 13.0. The molecule has 0 heterocycles. The minimum Gasteiger partial charge on any atom is -0.487 e. The maximum absolute atomic E-state index is 13.0. The van der Waals surface area contributed by atoms with E-state index in [1.165, 1.54) is 0 Å². The lowest BCUT2D eigenvalue weighted by Crippen LogP contribution is -2.06. The third kappa shape index (κ3) is 3.33. The molecule has 0 fully saturated rings. The van der Waals surface area contributed by atoms with Crippen LogP contribution in [0.25, 0.3) is 0 Å². The third-order valence-electron chi connectivity index (χ3n) is 1.85. The van der Waals surface area contributed by atoms with Crippen molar-refractivity contribution in [1.82, 2.24) is 0 Å². The molecule has 1 aromatic carbocycles. The number of benzene rings is 1. The van der Waals surface area contributed by atoms with Gasteiger partial charge in [-0.2, -0.15) is 8.78 Å². The van der Waals surface area contributed by atoms with E-state index in [1.807, 2.05) is 0 Å². The minimum atomic E-state index is -1.64. The number of rotatable bonds is 5. The number of halogens is 4. The molecule has 1 N–H and O–H groups in total. The number of hydrogen-bond acceptors (Lipinski definition) is 2. The molecule has 0 aliphatic rings. The van der Waals surface area contributed by atoms with Crippen molar-refractivity contribution in [3.05, 3.63) is 29.3 Å². The molecule has 0 spiro atoms. The summed E-state index contributed by atoms with van der Waals surface area (Å²) in [7, 11) is 0. The minimum absolute atomic E-state index is 0.0354. The van der Waals surface area contributed by atoms with Gasteiger partial charge in [-0.15, -0.1) is 0 Å². The first-order valence-electron chi connectivity index (χ1n) is 4.61. The Morgan fingerprint density at radius 3 is 2.18 bits per heavy atom. The fraction of sp³-hybridized carbons (Fsp3) is 0.300. The topological polar surface area (TPSA) is 46.5 Å². The Labute approximate surface area is 93.6 Å². The summed E-state index contributed by atoms with van der Waals surface area (Å²) in [6, 6.07) is 0.0643. The molecule has 17 heavy (non-hydrogen) atoms. The Morgan fingerprint density at radius 2 is 1.71 bits per heavy atom. The normalized spacial score (nSPS) is 10.4. The average Bonchev–Trinajstić information content (AvgIpc) is 2.25. The second-order valence-electron chi connectivity index (χ2n) is 3.14. The van der Waals surface area contributed by atoms with Crippen LogP contribution in [0.4, 0.5) is 17.6 Å². The molecular weight excluding hydrogens is 244 g/mol. The van der Waals surface area contributed by atoms with Crippen molar-refractivity contribution >= 4 is 5.97 Å². The third-order valence-corrected chi connectivity index (χ3v) is 1.85. The van der Waals surface area contributed by atoms with Gasteiger partial charge in [0.2, 0.25) is 11.6 Å². The lowest BCUT2D eigenvalue weighted by atomic mass is 10.3. The highest BCUT2D eigenvalue weighted by Gasteiger charge is 2.20. The van der Waals surface area contributed by atoms with Crippen LogP contribution in [-0.2, 0) is 4.79 Å². The van der Waals surface area contributed by atoms with E-state index in [2.05, 4.69) is 4.74 Å². The van der Waals surface area contributed by atoms with Gasteiger partial charge in [0.1, 0.15) is 0 Å². The van der Waals surface area contributed by atoms with Gasteiger partial charge in [-0.05, 0) is 6.42 Å². The van der Waals surface area contributed by atoms with Crippen molar-refractivity contribution in [2.75, 3.05) is 6.61 Å². The van der Waals surface area contributed by atoms with Crippen LogP contribution in [0, 0.1) is 23.3 Å². The predicted molar refractivity (Wildman–Crippen MR) is 48.6 cm³/mol. The van der Waals surface area contributed by atoms with Crippen molar-refractivity contribution in [2.45, 2.75) is 12.8 Å². The Bertz CT molecular complexity index is 408. The van der Waals surface area contributed by atoms with Crippen LogP contribution in [0.2, 0.25) is 0 Å². The molecule has 0 radical (unpaired) electrons. The molecule has 1 rings (SSSR count). The highest BCUT2D eigenvalue weighted by molar-refractivity contribution is 5.66. The largest absolute Gasteiger partial charge is 0.487 e. The van der Waals surface area contributed by atoms with Gasteiger partial charge in [-0.25, -0.2) is 8.78 Å². The molecule has 0 amide bonds. The Balaban J connectivity index is 2.73. The fourth-order valence-electron chi connectivity index (χ4n) is 1.08. The van der Waals surface area contributed by atoms with Gasteiger partial charge in [0.25, 0.3) is 0 Å². The number of ether oxygens (including phenoxy) is 1. The van der Waals surface area contributed by atoms with Crippen LogP contribution >= 0.6 is 0 Å². The van der Waals surface area contributed by atoms with E-state index in [9.17, 15) is 22.4 Å². The first kappa shape index (κ1) is 13.3. The molecule has 0 aliphatic heterocycles. The lowest BCUT2D eigenvalue weighted by Gasteiger charge is -2.08. The molecule has 0 unspecified atom stereocenters. The van der Waals surface area contributed by atoms with Crippen molar-refractivity contribution < 1.29 is 32.2 Å². The second kappa shape index (κ2) is 5.51. The summed E-state index contributed by atoms with van der Waals surface area (Å²) in [5, 5.41) is 8.28. The molecule has 0 bridgehead atoms. The molecule has 94 valence electrons. The average molecular weight is 252 g/mol. The van der Waals surface area contributed by atoms with Crippen LogP contribution in [0.1, 0.15) is 12.8 Å². The molecule has 3 nitrogen and oxygen atoms in total. The van der Waals surface area contributed by atoms with Crippen molar-refractivity contribution in [3.63, 3.8) is 0 Å². The quantitative estimate of drug-likeness (QED) is 0.497. The van der Waals surface area contributed by atoms with Gasteiger partial charge in [-0.3, -0.25) is 4.79 Å². The van der Waals surface area contributed by atoms with E-state index in [4.69, 9.17) is 5.11 Å². The van der Waals surface area contributed by atoms with Gasteiger partial charge < -0.3 is 9.84 Å². The summed E-state index contributed by atoms with van der Waals surface area (Å²) in [6.45, 7) is -0.358. The molecule has 0 saturated carbocycles. The summed E-state index contributed by atoms with van der Waals surface area (Å²) in [5.41, 5.74) is 0. The molecule has 0 saturated heterocycles. The highest BCUT2D eigenvalue weighted by Crippen LogP contribution is 2.26. The van der Waals surface area contributed by atoms with Crippen LogP contribution < -0.4 is 4.74 Å². The monoisotopic (exact) mass is 252 g/mol. The summed E-state index contributed by atoms with van der Waals surface area (Å²) >= 11 is 0. The summed E-state index contributed by atoms with van der Waals surface area (Å²) in [6.07, 6.45) is -0.312.